The number of aliphatic hydroxyl groups is 1. The zero-order valence-electron chi connectivity index (χ0n) is 14.1. The van der Waals surface area contributed by atoms with Gasteiger partial charge in [-0.1, -0.05) is 35.3 Å². The van der Waals surface area contributed by atoms with Gasteiger partial charge in [-0.2, -0.15) is 18.3 Å². The minimum atomic E-state index is -4.95. The smallest absolute Gasteiger partial charge is 0.362 e. The molecule has 1 aliphatic heterocycles. The molecular formula is C19H12Cl2F3N3O. The average Bonchev–Trinajstić information content (AvgIpc) is 3.00. The normalized spacial score (nSPS) is 19.9. The molecule has 0 spiro atoms. The topological polar surface area (TPSA) is 48.7 Å². The molecule has 3 aromatic rings. The van der Waals surface area contributed by atoms with Crippen LogP contribution in [0.15, 0.2) is 59.8 Å². The van der Waals surface area contributed by atoms with Crippen molar-refractivity contribution < 1.29 is 18.3 Å². The third-order valence-corrected chi connectivity index (χ3v) is 5.01. The molecule has 1 aliphatic rings. The van der Waals surface area contributed by atoms with Crippen molar-refractivity contribution in [2.45, 2.75) is 18.3 Å². The predicted molar refractivity (Wildman–Crippen MR) is 103 cm³/mol. The van der Waals surface area contributed by atoms with E-state index in [0.717, 1.165) is 0 Å². The summed E-state index contributed by atoms with van der Waals surface area (Å²) in [7, 11) is 0. The maximum atomic E-state index is 13.9. The molecule has 2 heterocycles. The monoisotopic (exact) mass is 425 g/mol. The minimum absolute atomic E-state index is 0.0745. The lowest BCUT2D eigenvalue weighted by Crippen LogP contribution is -2.55. The Hall–Kier alpha value is -2.35. The average molecular weight is 426 g/mol. The fourth-order valence-electron chi connectivity index (χ4n) is 3.11. The molecule has 1 atom stereocenters. The van der Waals surface area contributed by atoms with Crippen LogP contribution in [-0.4, -0.2) is 27.7 Å². The van der Waals surface area contributed by atoms with E-state index in [1.54, 1.807) is 36.4 Å². The number of benzene rings is 2. The summed E-state index contributed by atoms with van der Waals surface area (Å²) < 4.78 is 41.6. The van der Waals surface area contributed by atoms with E-state index in [9.17, 15) is 18.3 Å². The van der Waals surface area contributed by atoms with E-state index < -0.39 is 18.3 Å². The Bertz CT molecular complexity index is 1090. The van der Waals surface area contributed by atoms with Gasteiger partial charge >= 0.3 is 6.18 Å². The van der Waals surface area contributed by atoms with E-state index in [1.165, 1.54) is 18.3 Å². The molecule has 1 aromatic heterocycles. The number of alkyl halides is 3. The summed E-state index contributed by atoms with van der Waals surface area (Å²) in [6.07, 6.45) is -4.33. The lowest BCUT2D eigenvalue weighted by atomic mass is 10.0. The first-order valence-corrected chi connectivity index (χ1v) is 8.92. The quantitative estimate of drug-likeness (QED) is 0.597. The van der Waals surface area contributed by atoms with Gasteiger partial charge in [0.2, 0.25) is 0 Å². The van der Waals surface area contributed by atoms with Gasteiger partial charge in [-0.25, -0.2) is 5.01 Å². The van der Waals surface area contributed by atoms with Crippen molar-refractivity contribution in [1.82, 2.24) is 4.98 Å². The number of hydrogen-bond acceptors (Lipinski definition) is 4. The number of nitrogens with zero attached hydrogens (tertiary/aromatic N) is 3. The van der Waals surface area contributed by atoms with Gasteiger partial charge < -0.3 is 5.11 Å². The molecule has 0 aliphatic carbocycles. The van der Waals surface area contributed by atoms with Gasteiger partial charge in [0.1, 0.15) is 0 Å². The van der Waals surface area contributed by atoms with Crippen LogP contribution < -0.4 is 5.01 Å². The van der Waals surface area contributed by atoms with Gasteiger partial charge in [0.15, 0.2) is 0 Å². The summed E-state index contributed by atoms with van der Waals surface area (Å²) in [5, 5.41) is 16.6. The Labute approximate surface area is 167 Å². The summed E-state index contributed by atoms with van der Waals surface area (Å²) >= 11 is 11.8. The fourth-order valence-corrected chi connectivity index (χ4v) is 3.41. The van der Waals surface area contributed by atoms with Crippen LogP contribution >= 0.6 is 23.2 Å². The van der Waals surface area contributed by atoms with Gasteiger partial charge in [-0.15, -0.1) is 0 Å². The molecular weight excluding hydrogens is 414 g/mol. The maximum Gasteiger partial charge on any atom is 0.438 e. The molecule has 0 fully saturated rings. The van der Waals surface area contributed by atoms with E-state index in [2.05, 4.69) is 10.1 Å². The van der Waals surface area contributed by atoms with Crippen LogP contribution in [0.3, 0.4) is 0 Å². The highest BCUT2D eigenvalue weighted by atomic mass is 35.5. The summed E-state index contributed by atoms with van der Waals surface area (Å²) in [6, 6.07) is 12.2. The van der Waals surface area contributed by atoms with Crippen molar-refractivity contribution in [1.29, 1.82) is 0 Å². The molecule has 0 saturated carbocycles. The molecule has 9 heteroatoms. The molecule has 1 N–H and O–H groups in total. The Balaban J connectivity index is 1.90. The number of pyridine rings is 1. The molecule has 0 saturated heterocycles. The Morgan fingerprint density at radius 1 is 1.00 bits per heavy atom. The lowest BCUT2D eigenvalue weighted by Gasteiger charge is -2.34. The number of anilines is 1. The Kier molecular flexibility index (Phi) is 4.49. The number of fused-ring (bicyclic) bond motifs is 1. The Morgan fingerprint density at radius 2 is 1.68 bits per heavy atom. The summed E-state index contributed by atoms with van der Waals surface area (Å²) in [6.45, 7) is 0. The standard InChI is InChI=1S/C19H12Cl2F3N3O/c20-12-3-1-11(2-4-12)16-10-18(28,19(22,23)24)27(26-16)17-7-8-25-15-9-13(21)5-6-14(15)17/h1-9,28H,10H2. The second kappa shape index (κ2) is 6.62. The Morgan fingerprint density at radius 3 is 2.36 bits per heavy atom. The largest absolute Gasteiger partial charge is 0.438 e. The van der Waals surface area contributed by atoms with Crippen molar-refractivity contribution in [3.8, 4) is 0 Å². The van der Waals surface area contributed by atoms with Crippen molar-refractivity contribution in [2.24, 2.45) is 5.10 Å². The molecule has 2 aromatic carbocycles. The van der Waals surface area contributed by atoms with E-state index >= 15 is 0 Å². The van der Waals surface area contributed by atoms with Crippen LogP contribution in [0.5, 0.6) is 0 Å². The van der Waals surface area contributed by atoms with Gasteiger partial charge in [0.05, 0.1) is 23.3 Å². The van der Waals surface area contributed by atoms with Gasteiger partial charge in [-0.3, -0.25) is 4.98 Å². The SMILES string of the molecule is OC1(C(F)(F)F)CC(c2ccc(Cl)cc2)=NN1c1ccnc2cc(Cl)ccc12. The second-order valence-corrected chi connectivity index (χ2v) is 7.22. The van der Waals surface area contributed by atoms with Crippen molar-refractivity contribution in [3.05, 3.63) is 70.3 Å². The van der Waals surface area contributed by atoms with Gasteiger partial charge in [-0.05, 0) is 42.0 Å². The van der Waals surface area contributed by atoms with Crippen LogP contribution in [0, 0.1) is 0 Å². The zero-order chi connectivity index (χ0) is 20.1. The summed E-state index contributed by atoms with van der Waals surface area (Å²) in [5.41, 5.74) is -2.20. The van der Waals surface area contributed by atoms with Gasteiger partial charge in [0, 0.05) is 21.6 Å². The number of hydrogen-bond donors (Lipinski definition) is 1. The number of halogens is 5. The molecule has 4 nitrogen and oxygen atoms in total. The van der Waals surface area contributed by atoms with Crippen molar-refractivity contribution >= 4 is 45.5 Å². The molecule has 0 radical (unpaired) electrons. The van der Waals surface area contributed by atoms with E-state index in [1.807, 2.05) is 0 Å². The lowest BCUT2D eigenvalue weighted by molar-refractivity contribution is -0.254. The first-order chi connectivity index (χ1) is 13.2. The number of hydrazone groups is 1. The molecule has 0 amide bonds. The summed E-state index contributed by atoms with van der Waals surface area (Å²) in [5.74, 6) is 0. The molecule has 144 valence electrons. The first-order valence-electron chi connectivity index (χ1n) is 8.16. The van der Waals surface area contributed by atoms with Crippen molar-refractivity contribution in [2.75, 3.05) is 5.01 Å². The second-order valence-electron chi connectivity index (χ2n) is 6.35. The number of aromatic nitrogens is 1. The van der Waals surface area contributed by atoms with Crippen LogP contribution in [0.2, 0.25) is 10.0 Å². The highest BCUT2D eigenvalue weighted by Gasteiger charge is 2.62. The first kappa shape index (κ1) is 19.0. The molecule has 0 bridgehead atoms. The van der Waals surface area contributed by atoms with Crippen molar-refractivity contribution in [3.63, 3.8) is 0 Å². The molecule has 1 unspecified atom stereocenters. The van der Waals surface area contributed by atoms with E-state index in [4.69, 9.17) is 23.2 Å². The highest BCUT2D eigenvalue weighted by Crippen LogP contribution is 2.45. The van der Waals surface area contributed by atoms with Crippen LogP contribution in [0.25, 0.3) is 10.9 Å². The molecule has 4 rings (SSSR count). The molecule has 28 heavy (non-hydrogen) atoms. The maximum absolute atomic E-state index is 13.9. The van der Waals surface area contributed by atoms with Crippen LogP contribution in [-0.2, 0) is 0 Å². The third-order valence-electron chi connectivity index (χ3n) is 4.53. The zero-order valence-corrected chi connectivity index (χ0v) is 15.6. The third kappa shape index (κ3) is 3.09. The highest BCUT2D eigenvalue weighted by molar-refractivity contribution is 6.31. The van der Waals surface area contributed by atoms with E-state index in [-0.39, 0.29) is 11.4 Å². The minimum Gasteiger partial charge on any atom is -0.362 e. The predicted octanol–water partition coefficient (Wildman–Crippen LogP) is 5.41. The number of rotatable bonds is 2. The fraction of sp³-hybridized carbons (Fsp3) is 0.158. The van der Waals surface area contributed by atoms with E-state index in [0.29, 0.717) is 31.5 Å². The summed E-state index contributed by atoms with van der Waals surface area (Å²) in [4.78, 5) is 4.13. The van der Waals surface area contributed by atoms with Crippen LogP contribution in [0.4, 0.5) is 18.9 Å². The van der Waals surface area contributed by atoms with Crippen LogP contribution in [0.1, 0.15) is 12.0 Å². The van der Waals surface area contributed by atoms with Gasteiger partial charge in [0.25, 0.3) is 5.72 Å².